The Morgan fingerprint density at radius 3 is 2.62 bits per heavy atom. The molecule has 1 atom stereocenters. The Balaban J connectivity index is 1.39. The molecule has 0 unspecified atom stereocenters. The highest BCUT2D eigenvalue weighted by Crippen LogP contribution is 2.31. The van der Waals surface area contributed by atoms with Crippen LogP contribution in [0.5, 0.6) is 11.5 Å². The molecule has 1 amide bonds. The quantitative estimate of drug-likeness (QED) is 0.417. The number of carbonyl (C=O) groups excluding carboxylic acids is 1. The number of nitrogens with zero attached hydrogens (tertiary/aromatic N) is 2. The molecule has 34 heavy (non-hydrogen) atoms. The second-order valence-corrected chi connectivity index (χ2v) is 9.80. The number of benzene rings is 2. The van der Waals surface area contributed by atoms with Crippen molar-refractivity contribution >= 4 is 27.3 Å². The zero-order chi connectivity index (χ0) is 23.8. The molecule has 174 valence electrons. The summed E-state index contributed by atoms with van der Waals surface area (Å²) in [4.78, 5) is 29.0. The lowest BCUT2D eigenvalue weighted by Crippen LogP contribution is -2.37. The molecular weight excluding hydrogens is 448 g/mol. The van der Waals surface area contributed by atoms with Gasteiger partial charge in [0.05, 0.1) is 13.1 Å². The Bertz CT molecular complexity index is 1410. The zero-order valence-electron chi connectivity index (χ0n) is 19.4. The van der Waals surface area contributed by atoms with Gasteiger partial charge in [-0.25, -0.2) is 0 Å². The van der Waals surface area contributed by atoms with E-state index in [1.165, 1.54) is 10.8 Å². The first-order chi connectivity index (χ1) is 16.4. The number of thiophene rings is 1. The summed E-state index contributed by atoms with van der Waals surface area (Å²) in [6.45, 7) is 5.03. The van der Waals surface area contributed by atoms with E-state index in [4.69, 9.17) is 9.47 Å². The average molecular weight is 475 g/mol. The molecule has 6 nitrogen and oxygen atoms in total. The first-order valence-electron chi connectivity index (χ1n) is 11.2. The van der Waals surface area contributed by atoms with Crippen LogP contribution in [0.15, 0.2) is 65.5 Å². The minimum Gasteiger partial charge on any atom is -0.486 e. The van der Waals surface area contributed by atoms with Gasteiger partial charge in [0.1, 0.15) is 12.2 Å². The molecule has 2 aromatic carbocycles. The Morgan fingerprint density at radius 1 is 1.09 bits per heavy atom. The summed E-state index contributed by atoms with van der Waals surface area (Å²) in [5, 5.41) is 1.16. The van der Waals surface area contributed by atoms with Crippen molar-refractivity contribution < 1.29 is 14.3 Å². The predicted octanol–water partition coefficient (Wildman–Crippen LogP) is 4.79. The lowest BCUT2D eigenvalue weighted by Gasteiger charge is -2.29. The molecule has 1 aliphatic rings. The SMILES string of the molecule is Cc1cc(=O)c(C(=O)N(C)Cc2cc3ccccc3s2)c(C)n1C[C@@H]1COc2ccccc2O1. The Hall–Kier alpha value is -3.58. The largest absolute Gasteiger partial charge is 0.486 e. The highest BCUT2D eigenvalue weighted by atomic mass is 32.1. The van der Waals surface area contributed by atoms with E-state index in [0.717, 1.165) is 21.7 Å². The molecule has 0 fully saturated rings. The van der Waals surface area contributed by atoms with Crippen LogP contribution in [0.4, 0.5) is 0 Å². The van der Waals surface area contributed by atoms with Crippen molar-refractivity contribution in [2.45, 2.75) is 33.0 Å². The first-order valence-corrected chi connectivity index (χ1v) is 12.0. The molecule has 4 aromatic rings. The number of ether oxygens (including phenoxy) is 2. The summed E-state index contributed by atoms with van der Waals surface area (Å²) in [6, 6.07) is 19.4. The summed E-state index contributed by atoms with van der Waals surface area (Å²) in [5.74, 6) is 1.15. The van der Waals surface area contributed by atoms with Gasteiger partial charge < -0.3 is 18.9 Å². The number of rotatable bonds is 5. The number of amides is 1. The van der Waals surface area contributed by atoms with E-state index in [9.17, 15) is 9.59 Å². The Kier molecular flexibility index (Phi) is 5.87. The highest BCUT2D eigenvalue weighted by molar-refractivity contribution is 7.19. The molecule has 0 bridgehead atoms. The van der Waals surface area contributed by atoms with Gasteiger partial charge in [0, 0.05) is 34.1 Å². The van der Waals surface area contributed by atoms with Crippen LogP contribution in [-0.2, 0) is 13.1 Å². The van der Waals surface area contributed by atoms with Crippen molar-refractivity contribution in [2.24, 2.45) is 0 Å². The summed E-state index contributed by atoms with van der Waals surface area (Å²) < 4.78 is 15.1. The number of para-hydroxylation sites is 2. The maximum absolute atomic E-state index is 13.4. The van der Waals surface area contributed by atoms with E-state index in [2.05, 4.69) is 18.2 Å². The van der Waals surface area contributed by atoms with E-state index in [1.807, 2.05) is 54.8 Å². The van der Waals surface area contributed by atoms with Gasteiger partial charge in [-0.15, -0.1) is 11.3 Å². The van der Waals surface area contributed by atoms with E-state index in [1.54, 1.807) is 23.3 Å². The van der Waals surface area contributed by atoms with E-state index in [0.29, 0.717) is 31.1 Å². The van der Waals surface area contributed by atoms with Gasteiger partial charge in [0.2, 0.25) is 0 Å². The highest BCUT2D eigenvalue weighted by Gasteiger charge is 2.25. The molecule has 3 heterocycles. The van der Waals surface area contributed by atoms with Crippen LogP contribution in [-0.4, -0.2) is 35.1 Å². The number of aromatic nitrogens is 1. The van der Waals surface area contributed by atoms with Crippen molar-refractivity contribution in [1.29, 1.82) is 0 Å². The van der Waals surface area contributed by atoms with Crippen LogP contribution in [0.2, 0.25) is 0 Å². The topological polar surface area (TPSA) is 60.8 Å². The van der Waals surface area contributed by atoms with E-state index in [-0.39, 0.29) is 23.0 Å². The van der Waals surface area contributed by atoms with Gasteiger partial charge in [0.25, 0.3) is 5.91 Å². The van der Waals surface area contributed by atoms with Crippen LogP contribution >= 0.6 is 11.3 Å². The molecule has 0 saturated carbocycles. The molecule has 1 aliphatic heterocycles. The number of pyridine rings is 1. The fraction of sp³-hybridized carbons (Fsp3) is 0.259. The molecule has 7 heteroatoms. The van der Waals surface area contributed by atoms with Gasteiger partial charge in [-0.1, -0.05) is 30.3 Å². The minimum absolute atomic E-state index is 0.200. The lowest BCUT2D eigenvalue weighted by molar-refractivity contribution is 0.0756. The van der Waals surface area contributed by atoms with Gasteiger partial charge in [-0.2, -0.15) is 0 Å². The van der Waals surface area contributed by atoms with Gasteiger partial charge in [-0.3, -0.25) is 9.59 Å². The van der Waals surface area contributed by atoms with Crippen LogP contribution < -0.4 is 14.9 Å². The third-order valence-electron chi connectivity index (χ3n) is 6.16. The Morgan fingerprint density at radius 2 is 1.82 bits per heavy atom. The summed E-state index contributed by atoms with van der Waals surface area (Å²) in [7, 11) is 1.74. The number of hydrogen-bond donors (Lipinski definition) is 0. The predicted molar refractivity (Wildman–Crippen MR) is 134 cm³/mol. The molecular formula is C27H26N2O4S. The fourth-order valence-electron chi connectivity index (χ4n) is 4.43. The minimum atomic E-state index is -0.278. The van der Waals surface area contributed by atoms with Gasteiger partial charge in [0.15, 0.2) is 23.0 Å². The average Bonchev–Trinajstić information content (AvgIpc) is 3.23. The summed E-state index contributed by atoms with van der Waals surface area (Å²) >= 11 is 1.66. The standard InChI is InChI=1S/C27H26N2O4S/c1-17-12-22(30)26(27(31)28(3)15-21-13-19-8-4-7-11-25(19)34-21)18(2)29(17)14-20-16-32-23-9-5-6-10-24(23)33-20/h4-13,20H,14-16H2,1-3H3/t20-/m1/s1. The molecule has 0 spiro atoms. The number of carbonyl (C=O) groups is 1. The molecule has 0 N–H and O–H groups in total. The van der Waals surface area contributed by atoms with E-state index >= 15 is 0 Å². The van der Waals surface area contributed by atoms with Gasteiger partial charge in [-0.05, 0) is 43.5 Å². The molecule has 0 aliphatic carbocycles. The summed E-state index contributed by atoms with van der Waals surface area (Å²) in [6.07, 6.45) is -0.228. The van der Waals surface area contributed by atoms with Crippen LogP contribution in [0.3, 0.4) is 0 Å². The molecule has 0 radical (unpaired) electrons. The lowest BCUT2D eigenvalue weighted by atomic mass is 10.1. The molecule has 5 rings (SSSR count). The van der Waals surface area contributed by atoms with Crippen molar-refractivity contribution in [3.63, 3.8) is 0 Å². The normalized spacial score (nSPS) is 14.9. The first kappa shape index (κ1) is 22.2. The number of aryl methyl sites for hydroxylation is 1. The molecule has 0 saturated heterocycles. The van der Waals surface area contributed by atoms with Crippen molar-refractivity contribution in [3.05, 3.63) is 92.7 Å². The third-order valence-corrected chi connectivity index (χ3v) is 7.26. The number of fused-ring (bicyclic) bond motifs is 2. The number of hydrogen-bond acceptors (Lipinski definition) is 5. The van der Waals surface area contributed by atoms with Crippen molar-refractivity contribution in [2.75, 3.05) is 13.7 Å². The monoisotopic (exact) mass is 474 g/mol. The van der Waals surface area contributed by atoms with Crippen LogP contribution in [0.25, 0.3) is 10.1 Å². The van der Waals surface area contributed by atoms with Crippen LogP contribution in [0, 0.1) is 13.8 Å². The van der Waals surface area contributed by atoms with Gasteiger partial charge >= 0.3 is 0 Å². The van der Waals surface area contributed by atoms with Crippen molar-refractivity contribution in [3.8, 4) is 11.5 Å². The van der Waals surface area contributed by atoms with Crippen LogP contribution in [0.1, 0.15) is 26.6 Å². The maximum atomic E-state index is 13.4. The zero-order valence-corrected chi connectivity index (χ0v) is 20.2. The van der Waals surface area contributed by atoms with E-state index < -0.39 is 0 Å². The fourth-order valence-corrected chi connectivity index (χ4v) is 5.54. The third kappa shape index (κ3) is 4.19. The second-order valence-electron chi connectivity index (χ2n) is 8.63. The smallest absolute Gasteiger partial charge is 0.259 e. The van der Waals surface area contributed by atoms with Crippen molar-refractivity contribution in [1.82, 2.24) is 9.47 Å². The maximum Gasteiger partial charge on any atom is 0.259 e. The Labute approximate surface area is 202 Å². The second kappa shape index (κ2) is 8.99. The molecule has 2 aromatic heterocycles. The summed E-state index contributed by atoms with van der Waals surface area (Å²) in [5.41, 5.74) is 1.37.